The Hall–Kier alpha value is -3.18. The number of hydrogen-bond acceptors (Lipinski definition) is 7. The van der Waals surface area contributed by atoms with Crippen molar-refractivity contribution in [3.63, 3.8) is 0 Å². The molecule has 40 heavy (non-hydrogen) atoms. The molecule has 0 unspecified atom stereocenters. The minimum Gasteiger partial charge on any atom is -0.494 e. The molecule has 0 atom stereocenters. The van der Waals surface area contributed by atoms with E-state index in [2.05, 4.69) is 4.90 Å². The molecule has 0 bridgehead atoms. The SMILES string of the molecule is COc1ccc(C)c2sc(N(CCCN(C)C)C(=O)c3ccc(S(=O)(=O)N4CCc5ccccc54)cc3)nc12.Cl. The van der Waals surface area contributed by atoms with E-state index in [1.807, 2.05) is 57.4 Å². The topological polar surface area (TPSA) is 83.0 Å². The van der Waals surface area contributed by atoms with Gasteiger partial charge in [-0.25, -0.2) is 13.4 Å². The summed E-state index contributed by atoms with van der Waals surface area (Å²) in [6.45, 7) is 3.71. The Morgan fingerprint density at radius 3 is 2.48 bits per heavy atom. The molecular weight excluding hydrogens is 568 g/mol. The third-order valence-electron chi connectivity index (χ3n) is 6.91. The Morgan fingerprint density at radius 2 is 1.77 bits per heavy atom. The Balaban J connectivity index is 0.00000370. The zero-order valence-electron chi connectivity index (χ0n) is 23.0. The molecule has 0 saturated carbocycles. The number of amides is 1. The summed E-state index contributed by atoms with van der Waals surface area (Å²) < 4.78 is 34.8. The van der Waals surface area contributed by atoms with Crippen LogP contribution in [0.15, 0.2) is 65.6 Å². The van der Waals surface area contributed by atoms with E-state index >= 15 is 0 Å². The molecule has 212 valence electrons. The highest BCUT2D eigenvalue weighted by atomic mass is 35.5. The van der Waals surface area contributed by atoms with E-state index in [1.165, 1.54) is 27.8 Å². The molecule has 0 spiro atoms. The summed E-state index contributed by atoms with van der Waals surface area (Å²) in [6.07, 6.45) is 1.44. The largest absolute Gasteiger partial charge is 0.494 e. The van der Waals surface area contributed by atoms with Crippen LogP contribution in [0.3, 0.4) is 0 Å². The fourth-order valence-electron chi connectivity index (χ4n) is 4.82. The predicted molar refractivity (Wildman–Crippen MR) is 164 cm³/mol. The number of halogens is 1. The summed E-state index contributed by atoms with van der Waals surface area (Å²) in [4.78, 5) is 22.5. The second-order valence-electron chi connectivity index (χ2n) is 9.85. The average Bonchev–Trinajstić information content (AvgIpc) is 3.57. The van der Waals surface area contributed by atoms with Crippen LogP contribution in [-0.4, -0.2) is 65.0 Å². The van der Waals surface area contributed by atoms with Crippen LogP contribution in [0.5, 0.6) is 5.75 Å². The van der Waals surface area contributed by atoms with Crippen molar-refractivity contribution in [2.24, 2.45) is 0 Å². The zero-order chi connectivity index (χ0) is 27.7. The van der Waals surface area contributed by atoms with E-state index < -0.39 is 10.0 Å². The summed E-state index contributed by atoms with van der Waals surface area (Å²) in [5, 5.41) is 0.590. The first kappa shape index (κ1) is 29.8. The van der Waals surface area contributed by atoms with Gasteiger partial charge in [0.05, 0.1) is 22.4 Å². The molecule has 0 fully saturated rings. The number of methoxy groups -OCH3 is 1. The molecule has 3 aromatic carbocycles. The maximum Gasteiger partial charge on any atom is 0.264 e. The molecule has 1 aromatic heterocycles. The molecule has 2 heterocycles. The van der Waals surface area contributed by atoms with Gasteiger partial charge in [-0.15, -0.1) is 12.4 Å². The number of benzene rings is 3. The highest BCUT2D eigenvalue weighted by molar-refractivity contribution is 7.92. The summed E-state index contributed by atoms with van der Waals surface area (Å²) in [5.74, 6) is 0.441. The first-order valence-corrected chi connectivity index (χ1v) is 15.1. The van der Waals surface area contributed by atoms with Crippen LogP contribution in [-0.2, 0) is 16.4 Å². The van der Waals surface area contributed by atoms with Crippen LogP contribution < -0.4 is 13.9 Å². The Morgan fingerprint density at radius 1 is 1.05 bits per heavy atom. The second kappa shape index (κ2) is 12.1. The number of nitrogens with zero attached hydrogens (tertiary/aromatic N) is 4. The fourth-order valence-corrected chi connectivity index (χ4v) is 7.40. The highest BCUT2D eigenvalue weighted by Crippen LogP contribution is 2.37. The monoisotopic (exact) mass is 600 g/mol. The highest BCUT2D eigenvalue weighted by Gasteiger charge is 2.31. The Kier molecular flexibility index (Phi) is 9.04. The van der Waals surface area contributed by atoms with E-state index in [9.17, 15) is 13.2 Å². The van der Waals surface area contributed by atoms with Crippen molar-refractivity contribution in [2.45, 2.75) is 24.7 Å². The summed E-state index contributed by atoms with van der Waals surface area (Å²) in [7, 11) is 1.86. The number of aryl methyl sites for hydroxylation is 1. The smallest absolute Gasteiger partial charge is 0.264 e. The average molecular weight is 601 g/mol. The molecular formula is C29H33ClN4O4S2. The Bertz CT molecular complexity index is 1620. The summed E-state index contributed by atoms with van der Waals surface area (Å²) in [6, 6.07) is 17.6. The van der Waals surface area contributed by atoms with Crippen molar-refractivity contribution >= 4 is 60.7 Å². The van der Waals surface area contributed by atoms with Crippen LogP contribution in [0, 0.1) is 6.92 Å². The maximum atomic E-state index is 13.8. The summed E-state index contributed by atoms with van der Waals surface area (Å²) >= 11 is 1.46. The third kappa shape index (κ3) is 5.67. The Labute approximate surface area is 245 Å². The molecule has 1 amide bonds. The predicted octanol–water partition coefficient (Wildman–Crippen LogP) is 5.39. The van der Waals surface area contributed by atoms with Gasteiger partial charge in [0.25, 0.3) is 15.9 Å². The first-order chi connectivity index (χ1) is 18.7. The number of hydrogen-bond donors (Lipinski definition) is 0. The first-order valence-electron chi connectivity index (χ1n) is 12.8. The van der Waals surface area contributed by atoms with Crippen molar-refractivity contribution in [2.75, 3.05) is 50.0 Å². The number of carbonyl (C=O) groups is 1. The number of thiazole rings is 1. The van der Waals surface area contributed by atoms with Crippen LogP contribution >= 0.6 is 23.7 Å². The van der Waals surface area contributed by atoms with Gasteiger partial charge in [0.15, 0.2) is 5.13 Å². The van der Waals surface area contributed by atoms with Crippen molar-refractivity contribution in [1.29, 1.82) is 0 Å². The normalized spacial score (nSPS) is 12.9. The number of fused-ring (bicyclic) bond motifs is 2. The molecule has 0 N–H and O–H groups in total. The molecule has 5 rings (SSSR count). The number of sulfonamides is 1. The molecule has 1 aliphatic heterocycles. The fraction of sp³-hybridized carbons (Fsp3) is 0.310. The molecule has 0 saturated heterocycles. The van der Waals surface area contributed by atoms with E-state index in [0.29, 0.717) is 41.6 Å². The van der Waals surface area contributed by atoms with Gasteiger partial charge in [0.2, 0.25) is 0 Å². The van der Waals surface area contributed by atoms with Gasteiger partial charge in [-0.3, -0.25) is 14.0 Å². The molecule has 11 heteroatoms. The number of para-hydroxylation sites is 1. The lowest BCUT2D eigenvalue weighted by molar-refractivity contribution is 0.0986. The molecule has 4 aromatic rings. The van der Waals surface area contributed by atoms with Crippen molar-refractivity contribution in [3.8, 4) is 5.75 Å². The minimum atomic E-state index is -3.74. The number of rotatable bonds is 9. The quantitative estimate of drug-likeness (QED) is 0.256. The van der Waals surface area contributed by atoms with Crippen LogP contribution in [0.2, 0.25) is 0 Å². The molecule has 1 aliphatic rings. The van der Waals surface area contributed by atoms with Gasteiger partial charge in [0.1, 0.15) is 11.3 Å². The van der Waals surface area contributed by atoms with Crippen LogP contribution in [0.4, 0.5) is 10.8 Å². The lowest BCUT2D eigenvalue weighted by Gasteiger charge is -2.22. The standard InChI is InChI=1S/C29H32N4O4S2.ClH/c1-20-10-15-25(37-4)26-27(20)38-29(30-26)32(18-7-17-31(2)3)28(34)22-11-13-23(14-12-22)39(35,36)33-19-16-21-8-5-6-9-24(21)33;/h5-6,8-15H,7,16-19H2,1-4H3;1H. The van der Waals surface area contributed by atoms with Gasteiger partial charge < -0.3 is 9.64 Å². The van der Waals surface area contributed by atoms with Crippen molar-refractivity contribution in [1.82, 2.24) is 9.88 Å². The van der Waals surface area contributed by atoms with Gasteiger partial charge in [-0.1, -0.05) is 35.6 Å². The third-order valence-corrected chi connectivity index (χ3v) is 9.95. The van der Waals surface area contributed by atoms with E-state index in [4.69, 9.17) is 9.72 Å². The van der Waals surface area contributed by atoms with Crippen LogP contribution in [0.1, 0.15) is 27.9 Å². The number of aromatic nitrogens is 1. The molecule has 8 nitrogen and oxygen atoms in total. The maximum absolute atomic E-state index is 13.8. The molecule has 0 radical (unpaired) electrons. The number of anilines is 2. The van der Waals surface area contributed by atoms with Gasteiger partial charge in [-0.05, 0) is 87.9 Å². The van der Waals surface area contributed by atoms with Gasteiger partial charge >= 0.3 is 0 Å². The lowest BCUT2D eigenvalue weighted by Crippen LogP contribution is -2.33. The number of ether oxygens (including phenoxy) is 1. The number of carbonyl (C=O) groups excluding carboxylic acids is 1. The van der Waals surface area contributed by atoms with Crippen LogP contribution in [0.25, 0.3) is 10.2 Å². The lowest BCUT2D eigenvalue weighted by atomic mass is 10.2. The second-order valence-corrected chi connectivity index (χ2v) is 12.7. The van der Waals surface area contributed by atoms with E-state index in [0.717, 1.165) is 34.3 Å². The van der Waals surface area contributed by atoms with E-state index in [-0.39, 0.29) is 23.2 Å². The van der Waals surface area contributed by atoms with E-state index in [1.54, 1.807) is 24.1 Å². The van der Waals surface area contributed by atoms with Crippen molar-refractivity contribution in [3.05, 3.63) is 77.4 Å². The van der Waals surface area contributed by atoms with Gasteiger partial charge in [0, 0.05) is 18.7 Å². The van der Waals surface area contributed by atoms with Gasteiger partial charge in [-0.2, -0.15) is 0 Å². The van der Waals surface area contributed by atoms with Crippen molar-refractivity contribution < 1.29 is 17.9 Å². The molecule has 0 aliphatic carbocycles. The zero-order valence-corrected chi connectivity index (χ0v) is 25.4. The minimum absolute atomic E-state index is 0. The summed E-state index contributed by atoms with van der Waals surface area (Å²) in [5.41, 5.74) is 3.93.